The third kappa shape index (κ3) is 2.15. The molecule has 1 aromatic rings. The molecule has 0 bridgehead atoms. The average molecular weight is 296 g/mol. The van der Waals surface area contributed by atoms with Gasteiger partial charge in [-0.25, -0.2) is 4.98 Å². The zero-order valence-corrected chi connectivity index (χ0v) is 12.2. The SMILES string of the molecule is CC1(C)O[C@@H]2[C@@H](CO)N[C@@H](c3cnc(N)[nH]c3=O)[C@]2(C)O1. The standard InChI is InChI=1S/C13H20N4O4/c1-12(2)20-9-7(5-18)16-8(13(9,3)21-12)6-4-15-11(14)17-10(6)19/h4,7-9,16,18H,5H2,1-3H3,(H3,14,15,17,19)/t7-,8+,9-,13+/m1/s1. The van der Waals surface area contributed by atoms with E-state index in [1.165, 1.54) is 6.20 Å². The number of aromatic amines is 1. The smallest absolute Gasteiger partial charge is 0.257 e. The van der Waals surface area contributed by atoms with Gasteiger partial charge < -0.3 is 20.3 Å². The molecule has 0 aromatic carbocycles. The Morgan fingerprint density at radius 1 is 1.48 bits per heavy atom. The van der Waals surface area contributed by atoms with Gasteiger partial charge in [0.25, 0.3) is 5.56 Å². The van der Waals surface area contributed by atoms with Crippen LogP contribution in [-0.2, 0) is 9.47 Å². The maximum Gasteiger partial charge on any atom is 0.257 e. The second kappa shape index (κ2) is 4.51. The molecule has 0 saturated carbocycles. The molecule has 0 aliphatic carbocycles. The minimum absolute atomic E-state index is 0.0612. The molecule has 2 aliphatic rings. The van der Waals surface area contributed by atoms with E-state index in [1.807, 2.05) is 20.8 Å². The molecule has 4 atom stereocenters. The highest BCUT2D eigenvalue weighted by atomic mass is 16.8. The normalized spacial score (nSPS) is 37.6. The van der Waals surface area contributed by atoms with Crippen LogP contribution in [0.15, 0.2) is 11.0 Å². The zero-order chi connectivity index (χ0) is 15.4. The van der Waals surface area contributed by atoms with Crippen molar-refractivity contribution < 1.29 is 14.6 Å². The minimum atomic E-state index is -0.777. The molecule has 1 aromatic heterocycles. The third-order valence-electron chi connectivity index (χ3n) is 4.12. The summed E-state index contributed by atoms with van der Waals surface area (Å²) in [5.41, 5.74) is 4.79. The zero-order valence-electron chi connectivity index (χ0n) is 12.2. The lowest BCUT2D eigenvalue weighted by Gasteiger charge is -2.30. The highest BCUT2D eigenvalue weighted by Gasteiger charge is 2.62. The summed E-state index contributed by atoms with van der Waals surface area (Å²) in [7, 11) is 0. The van der Waals surface area contributed by atoms with E-state index in [0.29, 0.717) is 5.56 Å². The lowest BCUT2D eigenvalue weighted by molar-refractivity contribution is -0.172. The quantitative estimate of drug-likeness (QED) is 0.567. The molecule has 5 N–H and O–H groups in total. The van der Waals surface area contributed by atoms with Crippen molar-refractivity contribution in [2.75, 3.05) is 12.3 Å². The summed E-state index contributed by atoms with van der Waals surface area (Å²) in [6.45, 7) is 5.38. The van der Waals surface area contributed by atoms with Crippen LogP contribution >= 0.6 is 0 Å². The molecule has 3 rings (SSSR count). The number of ether oxygens (including phenoxy) is 2. The Hall–Kier alpha value is -1.48. The molecule has 21 heavy (non-hydrogen) atoms. The van der Waals surface area contributed by atoms with Gasteiger partial charge in [-0.1, -0.05) is 0 Å². The van der Waals surface area contributed by atoms with Gasteiger partial charge >= 0.3 is 0 Å². The maximum atomic E-state index is 12.1. The van der Waals surface area contributed by atoms with Gasteiger partial charge in [-0.2, -0.15) is 0 Å². The molecular weight excluding hydrogens is 276 g/mol. The van der Waals surface area contributed by atoms with Crippen molar-refractivity contribution in [2.24, 2.45) is 0 Å². The highest BCUT2D eigenvalue weighted by Crippen LogP contribution is 2.48. The first kappa shape index (κ1) is 14.5. The number of H-pyrrole nitrogens is 1. The topological polar surface area (TPSA) is 122 Å². The number of aromatic nitrogens is 2. The molecule has 2 aliphatic heterocycles. The molecular formula is C13H20N4O4. The number of rotatable bonds is 2. The minimum Gasteiger partial charge on any atom is -0.395 e. The molecule has 116 valence electrons. The largest absolute Gasteiger partial charge is 0.395 e. The molecule has 3 heterocycles. The Morgan fingerprint density at radius 3 is 2.81 bits per heavy atom. The van der Waals surface area contributed by atoms with E-state index in [4.69, 9.17) is 15.2 Å². The summed E-state index contributed by atoms with van der Waals surface area (Å²) in [6, 6.07) is -0.767. The predicted molar refractivity (Wildman–Crippen MR) is 74.5 cm³/mol. The average Bonchev–Trinajstić information content (AvgIpc) is 2.76. The molecule has 8 nitrogen and oxygen atoms in total. The number of hydrogen-bond acceptors (Lipinski definition) is 7. The van der Waals surface area contributed by atoms with Crippen LogP contribution in [-0.4, -0.2) is 45.2 Å². The van der Waals surface area contributed by atoms with Crippen molar-refractivity contribution in [3.63, 3.8) is 0 Å². The van der Waals surface area contributed by atoms with E-state index in [2.05, 4.69) is 15.3 Å². The number of nitrogens with zero attached hydrogens (tertiary/aromatic N) is 1. The number of nitrogens with two attached hydrogens (primary N) is 1. The summed E-state index contributed by atoms with van der Waals surface area (Å²) in [4.78, 5) is 18.6. The van der Waals surface area contributed by atoms with Crippen molar-refractivity contribution >= 4 is 5.95 Å². The van der Waals surface area contributed by atoms with Gasteiger partial charge in [0.15, 0.2) is 11.7 Å². The lowest BCUT2D eigenvalue weighted by atomic mass is 9.89. The fourth-order valence-electron chi connectivity index (χ4n) is 3.38. The van der Waals surface area contributed by atoms with Crippen LogP contribution in [0.4, 0.5) is 5.95 Å². The number of fused-ring (bicyclic) bond motifs is 1. The summed E-state index contributed by atoms with van der Waals surface area (Å²) < 4.78 is 11.9. The second-order valence-electron chi connectivity index (χ2n) is 6.17. The van der Waals surface area contributed by atoms with Gasteiger partial charge in [-0.3, -0.25) is 15.1 Å². The van der Waals surface area contributed by atoms with Gasteiger partial charge in [0.2, 0.25) is 0 Å². The molecule has 0 radical (unpaired) electrons. The Morgan fingerprint density at radius 2 is 2.19 bits per heavy atom. The Labute approximate surface area is 121 Å². The first-order chi connectivity index (χ1) is 9.77. The van der Waals surface area contributed by atoms with Gasteiger partial charge in [0, 0.05) is 6.20 Å². The van der Waals surface area contributed by atoms with Crippen LogP contribution in [0.2, 0.25) is 0 Å². The molecule has 0 spiro atoms. The van der Waals surface area contributed by atoms with Crippen LogP contribution in [0.3, 0.4) is 0 Å². The van der Waals surface area contributed by atoms with Crippen LogP contribution in [0.5, 0.6) is 0 Å². The fourth-order valence-corrected chi connectivity index (χ4v) is 3.38. The van der Waals surface area contributed by atoms with Crippen LogP contribution in [0, 0.1) is 0 Å². The fraction of sp³-hybridized carbons (Fsp3) is 0.692. The first-order valence-electron chi connectivity index (χ1n) is 6.86. The van der Waals surface area contributed by atoms with E-state index in [-0.39, 0.29) is 30.3 Å². The predicted octanol–water partition coefficient (Wildman–Crippen LogP) is -0.732. The van der Waals surface area contributed by atoms with Crippen LogP contribution in [0.1, 0.15) is 32.4 Å². The summed E-state index contributed by atoms with van der Waals surface area (Å²) in [5.74, 6) is -0.715. The third-order valence-corrected chi connectivity index (χ3v) is 4.12. The van der Waals surface area contributed by atoms with Gasteiger partial charge in [0.1, 0.15) is 11.7 Å². The first-order valence-corrected chi connectivity index (χ1v) is 6.86. The summed E-state index contributed by atoms with van der Waals surface area (Å²) >= 11 is 0. The number of anilines is 1. The summed E-state index contributed by atoms with van der Waals surface area (Å²) in [6.07, 6.45) is 1.07. The Balaban J connectivity index is 2.05. The van der Waals surface area contributed by atoms with E-state index in [0.717, 1.165) is 0 Å². The van der Waals surface area contributed by atoms with Crippen molar-refractivity contribution in [1.82, 2.24) is 15.3 Å². The highest BCUT2D eigenvalue weighted by molar-refractivity contribution is 5.27. The van der Waals surface area contributed by atoms with Gasteiger partial charge in [-0.05, 0) is 20.8 Å². The van der Waals surface area contributed by atoms with Crippen LogP contribution < -0.4 is 16.6 Å². The van der Waals surface area contributed by atoms with Crippen molar-refractivity contribution in [3.8, 4) is 0 Å². The molecule has 0 amide bonds. The van der Waals surface area contributed by atoms with E-state index in [1.54, 1.807) is 0 Å². The van der Waals surface area contributed by atoms with Gasteiger partial charge in [-0.15, -0.1) is 0 Å². The van der Waals surface area contributed by atoms with Crippen molar-refractivity contribution in [3.05, 3.63) is 22.1 Å². The molecule has 2 saturated heterocycles. The van der Waals surface area contributed by atoms with Crippen molar-refractivity contribution in [2.45, 2.75) is 50.3 Å². The lowest BCUT2D eigenvalue weighted by Crippen LogP contribution is -2.42. The molecule has 8 heteroatoms. The Kier molecular flexibility index (Phi) is 3.10. The molecule has 0 unspecified atom stereocenters. The van der Waals surface area contributed by atoms with Gasteiger partial charge in [0.05, 0.1) is 24.3 Å². The number of nitrogen functional groups attached to an aromatic ring is 1. The number of hydrogen-bond donors (Lipinski definition) is 4. The summed E-state index contributed by atoms with van der Waals surface area (Å²) in [5, 5.41) is 12.8. The molecule has 2 fully saturated rings. The monoisotopic (exact) mass is 296 g/mol. The van der Waals surface area contributed by atoms with E-state index >= 15 is 0 Å². The van der Waals surface area contributed by atoms with Crippen LogP contribution in [0.25, 0.3) is 0 Å². The number of aliphatic hydroxyl groups excluding tert-OH is 1. The van der Waals surface area contributed by atoms with E-state index in [9.17, 15) is 9.90 Å². The number of aliphatic hydroxyl groups is 1. The van der Waals surface area contributed by atoms with Crippen molar-refractivity contribution in [1.29, 1.82) is 0 Å². The maximum absolute atomic E-state index is 12.1. The number of nitrogens with one attached hydrogen (secondary N) is 2. The van der Waals surface area contributed by atoms with E-state index < -0.39 is 17.4 Å². The Bertz CT molecular complexity index is 616. The second-order valence-corrected chi connectivity index (χ2v) is 6.17.